The second-order valence-corrected chi connectivity index (χ2v) is 15.9. The van der Waals surface area contributed by atoms with Gasteiger partial charge in [0, 0.05) is 48.1 Å². The quantitative estimate of drug-likeness (QED) is 0.437. The molecule has 1 aromatic carbocycles. The van der Waals surface area contributed by atoms with Crippen LogP contribution in [0.5, 0.6) is 11.6 Å². The van der Waals surface area contributed by atoms with Crippen LogP contribution in [0.4, 0.5) is 10.2 Å². The van der Waals surface area contributed by atoms with Crippen molar-refractivity contribution in [2.45, 2.75) is 102 Å². The highest BCUT2D eigenvalue weighted by Crippen LogP contribution is 2.47. The van der Waals surface area contributed by atoms with Gasteiger partial charge in [-0.15, -0.1) is 10.2 Å². The molecule has 3 aliphatic heterocycles. The molecule has 2 amide bonds. The Balaban J connectivity index is 0.869. The number of likely N-dealkylation sites (tertiary alicyclic amines) is 1. The van der Waals surface area contributed by atoms with Crippen molar-refractivity contribution in [1.82, 2.24) is 30.3 Å². The van der Waals surface area contributed by atoms with Crippen molar-refractivity contribution in [2.24, 2.45) is 16.7 Å². The number of amides is 2. The Morgan fingerprint density at radius 3 is 2.37 bits per heavy atom. The van der Waals surface area contributed by atoms with Crippen molar-refractivity contribution in [2.75, 3.05) is 37.6 Å². The summed E-state index contributed by atoms with van der Waals surface area (Å²) in [7, 11) is 0. The molecule has 2 aromatic rings. The highest BCUT2D eigenvalue weighted by atomic mass is 19.1. The number of hydrogen-bond donors (Lipinski definition) is 1. The van der Waals surface area contributed by atoms with Crippen LogP contribution >= 0.6 is 0 Å². The molecule has 0 atom stereocenters. The summed E-state index contributed by atoms with van der Waals surface area (Å²) in [6.07, 6.45) is 13.3. The lowest BCUT2D eigenvalue weighted by molar-refractivity contribution is -0.126. The lowest BCUT2D eigenvalue weighted by atomic mass is 9.70. The summed E-state index contributed by atoms with van der Waals surface area (Å²) >= 11 is 0. The minimum absolute atomic E-state index is 0.0260. The Bertz CT molecular complexity index is 1490. The first-order chi connectivity index (χ1) is 22.1. The molecule has 11 heteroatoms. The lowest BCUT2D eigenvalue weighted by Crippen LogP contribution is -2.61. The van der Waals surface area contributed by atoms with Crippen molar-refractivity contribution in [3.8, 4) is 11.6 Å². The zero-order valence-corrected chi connectivity index (χ0v) is 27.1. The molecule has 0 bridgehead atoms. The summed E-state index contributed by atoms with van der Waals surface area (Å²) in [6, 6.07) is 4.61. The normalized spacial score (nSPS) is 28.6. The van der Waals surface area contributed by atoms with Gasteiger partial charge in [-0.3, -0.25) is 9.59 Å². The Morgan fingerprint density at radius 1 is 1.04 bits per heavy atom. The minimum Gasteiger partial charge on any atom is -0.434 e. The predicted molar refractivity (Wildman–Crippen MR) is 170 cm³/mol. The van der Waals surface area contributed by atoms with E-state index >= 15 is 0 Å². The van der Waals surface area contributed by atoms with Crippen LogP contribution in [0.15, 0.2) is 24.5 Å². The highest BCUT2D eigenvalue weighted by molar-refractivity contribution is 5.98. The van der Waals surface area contributed by atoms with E-state index in [9.17, 15) is 14.0 Å². The summed E-state index contributed by atoms with van der Waals surface area (Å²) in [4.78, 5) is 37.3. The molecule has 0 unspecified atom stereocenters. The number of ether oxygens (including phenoxy) is 1. The molecule has 3 saturated carbocycles. The zero-order valence-electron chi connectivity index (χ0n) is 27.1. The molecule has 3 aliphatic carbocycles. The number of carbonyl (C=O) groups is 2. The number of benzene rings is 1. The Kier molecular flexibility index (Phi) is 7.26. The van der Waals surface area contributed by atoms with E-state index in [1.807, 2.05) is 4.90 Å². The molecule has 0 radical (unpaired) electrons. The first kappa shape index (κ1) is 30.0. The van der Waals surface area contributed by atoms with E-state index in [1.54, 1.807) is 0 Å². The third-order valence-electron chi connectivity index (χ3n) is 11.7. The number of aromatic nitrogens is 3. The van der Waals surface area contributed by atoms with Gasteiger partial charge >= 0.3 is 0 Å². The van der Waals surface area contributed by atoms with E-state index in [2.05, 4.69) is 44.1 Å². The van der Waals surface area contributed by atoms with Gasteiger partial charge in [0.05, 0.1) is 5.56 Å². The maximum absolute atomic E-state index is 14.4. The molecule has 1 aromatic heterocycles. The minimum atomic E-state index is -0.463. The number of nitrogens with zero attached hydrogens (tertiary/aromatic N) is 6. The molecule has 6 aliphatic rings. The fraction of sp³-hybridized carbons (Fsp3) is 0.686. The van der Waals surface area contributed by atoms with Crippen molar-refractivity contribution >= 4 is 17.6 Å². The van der Waals surface area contributed by atoms with Gasteiger partial charge in [0.2, 0.25) is 5.91 Å². The van der Waals surface area contributed by atoms with Crippen LogP contribution in [0, 0.1) is 22.6 Å². The zero-order chi connectivity index (χ0) is 31.7. The van der Waals surface area contributed by atoms with Crippen molar-refractivity contribution in [3.63, 3.8) is 0 Å². The first-order valence-electron chi connectivity index (χ1n) is 17.4. The smallest absolute Gasteiger partial charge is 0.282 e. The average molecular weight is 632 g/mol. The molecule has 2 spiro atoms. The van der Waals surface area contributed by atoms with Crippen molar-refractivity contribution in [3.05, 3.63) is 35.9 Å². The maximum Gasteiger partial charge on any atom is 0.282 e. The molecule has 1 N–H and O–H groups in total. The number of halogens is 1. The topological polar surface area (TPSA) is 104 Å². The molecule has 4 heterocycles. The second-order valence-electron chi connectivity index (χ2n) is 15.9. The highest BCUT2D eigenvalue weighted by Gasteiger charge is 2.51. The van der Waals surface area contributed by atoms with E-state index < -0.39 is 5.82 Å². The molecule has 46 heavy (non-hydrogen) atoms. The predicted octanol–water partition coefficient (Wildman–Crippen LogP) is 4.95. The third-order valence-corrected chi connectivity index (χ3v) is 11.7. The fourth-order valence-corrected chi connectivity index (χ4v) is 8.78. The summed E-state index contributed by atoms with van der Waals surface area (Å²) in [5.41, 5.74) is 0.266. The number of nitrogens with one attached hydrogen (secondary N) is 1. The van der Waals surface area contributed by atoms with Crippen LogP contribution in [-0.4, -0.2) is 87.1 Å². The van der Waals surface area contributed by atoms with E-state index in [-0.39, 0.29) is 57.5 Å². The molecular weight excluding hydrogens is 585 g/mol. The van der Waals surface area contributed by atoms with Gasteiger partial charge in [-0.25, -0.2) is 9.37 Å². The Morgan fingerprint density at radius 2 is 1.74 bits per heavy atom. The monoisotopic (exact) mass is 631 g/mol. The summed E-state index contributed by atoms with van der Waals surface area (Å²) < 4.78 is 20.6. The van der Waals surface area contributed by atoms with Gasteiger partial charge < -0.3 is 24.8 Å². The van der Waals surface area contributed by atoms with Gasteiger partial charge in [0.15, 0.2) is 5.82 Å². The van der Waals surface area contributed by atoms with Crippen molar-refractivity contribution < 1.29 is 18.7 Å². The van der Waals surface area contributed by atoms with Gasteiger partial charge in [-0.05, 0) is 108 Å². The molecule has 246 valence electrons. The first-order valence-corrected chi connectivity index (χ1v) is 17.4. The molecular formula is C35H46FN7O3. The Labute approximate surface area is 270 Å². The molecule has 8 rings (SSSR count). The summed E-state index contributed by atoms with van der Waals surface area (Å²) in [6.45, 7) is 9.26. The van der Waals surface area contributed by atoms with Crippen molar-refractivity contribution in [1.29, 1.82) is 0 Å². The number of piperidine rings is 1. The molecule has 10 nitrogen and oxygen atoms in total. The largest absolute Gasteiger partial charge is 0.434 e. The van der Waals surface area contributed by atoms with Crippen LogP contribution in [0.2, 0.25) is 0 Å². The van der Waals surface area contributed by atoms with Crippen LogP contribution in [-0.2, 0) is 4.79 Å². The number of rotatable bonds is 8. The van der Waals surface area contributed by atoms with E-state index in [4.69, 9.17) is 4.74 Å². The number of anilines is 1. The van der Waals surface area contributed by atoms with Gasteiger partial charge in [-0.2, -0.15) is 0 Å². The van der Waals surface area contributed by atoms with Crippen LogP contribution in [0.3, 0.4) is 0 Å². The fourth-order valence-electron chi connectivity index (χ4n) is 8.78. The number of hydrogen-bond acceptors (Lipinski definition) is 8. The maximum atomic E-state index is 14.4. The SMILES string of the molecule is CC1(C)C[C@]2(CC[C@@H](CN3CCC4(CC3)CN(c3ncnnc3Oc3ccc(F)cc3C(=O)N(C3CC3)C3CC3)C4)CC2)NC1=O. The second kappa shape index (κ2) is 11.1. The molecule has 3 saturated heterocycles. The van der Waals surface area contributed by atoms with Gasteiger partial charge in [-0.1, -0.05) is 13.8 Å². The lowest BCUT2D eigenvalue weighted by Gasteiger charge is -2.54. The van der Waals surface area contributed by atoms with E-state index in [1.165, 1.54) is 37.4 Å². The van der Waals surface area contributed by atoms with Crippen LogP contribution < -0.4 is 15.0 Å². The van der Waals surface area contributed by atoms with Crippen LogP contribution in [0.25, 0.3) is 0 Å². The third kappa shape index (κ3) is 5.73. The van der Waals surface area contributed by atoms with E-state index in [0.29, 0.717) is 11.7 Å². The summed E-state index contributed by atoms with van der Waals surface area (Å²) in [5, 5.41) is 11.6. The number of carbonyl (C=O) groups excluding carboxylic acids is 2. The van der Waals surface area contributed by atoms with Crippen LogP contribution in [0.1, 0.15) is 94.8 Å². The molecule has 6 fully saturated rings. The summed E-state index contributed by atoms with van der Waals surface area (Å²) in [5.74, 6) is 1.44. The standard InChI is InChI=1S/C35H46FN7O3/c1-33(2)19-35(39-32(33)45)11-9-23(10-12-35)18-41-15-13-34(14-16-41)20-42(21-34)29-30(40-38-22-37-29)46-28-8-3-24(36)17-27(28)31(44)43(25-4-5-25)26-6-7-26/h3,8,17,22-23,25-26H,4-7,9-16,18-21H2,1-2H3,(H,39,45)/t23-,35-. The Hall–Kier alpha value is -3.34. The average Bonchev–Trinajstić information content (AvgIpc) is 3.96. The van der Waals surface area contributed by atoms with E-state index in [0.717, 1.165) is 90.5 Å². The van der Waals surface area contributed by atoms with Gasteiger partial charge in [0.1, 0.15) is 17.9 Å². The van der Waals surface area contributed by atoms with Gasteiger partial charge in [0.25, 0.3) is 11.8 Å².